The number of rotatable bonds is 4. The van der Waals surface area contributed by atoms with E-state index in [1.807, 2.05) is 25.3 Å². The highest BCUT2D eigenvalue weighted by Crippen LogP contribution is 2.30. The molecule has 0 aliphatic carbocycles. The Bertz CT molecular complexity index is 903. The summed E-state index contributed by atoms with van der Waals surface area (Å²) in [5.41, 5.74) is 2.88. The number of halogens is 2. The number of hydrogen-bond donors (Lipinski definition) is 1. The molecule has 124 valence electrons. The molecule has 3 rings (SSSR count). The van der Waals surface area contributed by atoms with Crippen molar-refractivity contribution in [3.05, 3.63) is 51.1 Å². The summed E-state index contributed by atoms with van der Waals surface area (Å²) in [6, 6.07) is 7.06. The number of thiazole rings is 1. The molecular formula is C16H14Cl2N4OS. The average Bonchev–Trinajstić information content (AvgIpc) is 3.16. The summed E-state index contributed by atoms with van der Waals surface area (Å²) in [5.74, 6) is -0.277. The first-order valence-corrected chi connectivity index (χ1v) is 8.88. The van der Waals surface area contributed by atoms with Crippen LogP contribution in [0.3, 0.4) is 0 Å². The number of nitrogens with one attached hydrogen (secondary N) is 1. The zero-order chi connectivity index (χ0) is 17.3. The fraction of sp³-hybridized carbons (Fsp3) is 0.188. The second-order valence-corrected chi connectivity index (χ2v) is 6.78. The van der Waals surface area contributed by atoms with E-state index >= 15 is 0 Å². The van der Waals surface area contributed by atoms with Crippen LogP contribution in [-0.4, -0.2) is 20.7 Å². The summed E-state index contributed by atoms with van der Waals surface area (Å²) in [6.45, 7) is 4.61. The molecule has 0 bridgehead atoms. The summed E-state index contributed by atoms with van der Waals surface area (Å²) < 4.78 is 1.78. The SMILES string of the molecule is CCn1nc(C(=O)Nc2nc(-c3ccc(Cl)c(Cl)c3)cs2)cc1C. The molecule has 2 aromatic heterocycles. The van der Waals surface area contributed by atoms with Crippen LogP contribution in [0.1, 0.15) is 23.1 Å². The van der Waals surface area contributed by atoms with E-state index in [2.05, 4.69) is 15.4 Å². The Morgan fingerprint density at radius 3 is 2.75 bits per heavy atom. The lowest BCUT2D eigenvalue weighted by molar-refractivity contribution is 0.102. The first kappa shape index (κ1) is 17.0. The molecule has 0 fully saturated rings. The van der Waals surface area contributed by atoms with Crippen LogP contribution < -0.4 is 5.32 Å². The predicted molar refractivity (Wildman–Crippen MR) is 98.2 cm³/mol. The number of amides is 1. The van der Waals surface area contributed by atoms with Crippen LogP contribution in [0.25, 0.3) is 11.3 Å². The Morgan fingerprint density at radius 2 is 2.08 bits per heavy atom. The molecule has 0 radical (unpaired) electrons. The van der Waals surface area contributed by atoms with Gasteiger partial charge in [0.1, 0.15) is 0 Å². The topological polar surface area (TPSA) is 59.8 Å². The van der Waals surface area contributed by atoms with Gasteiger partial charge in [-0.15, -0.1) is 11.3 Å². The molecule has 1 amide bonds. The van der Waals surface area contributed by atoms with E-state index in [1.54, 1.807) is 22.9 Å². The summed E-state index contributed by atoms with van der Waals surface area (Å²) in [7, 11) is 0. The minimum absolute atomic E-state index is 0.277. The zero-order valence-electron chi connectivity index (χ0n) is 13.0. The van der Waals surface area contributed by atoms with Crippen molar-refractivity contribution < 1.29 is 4.79 Å². The smallest absolute Gasteiger partial charge is 0.277 e. The van der Waals surface area contributed by atoms with E-state index in [0.717, 1.165) is 23.5 Å². The molecule has 0 unspecified atom stereocenters. The van der Waals surface area contributed by atoms with E-state index in [0.29, 0.717) is 20.9 Å². The van der Waals surface area contributed by atoms with Gasteiger partial charge >= 0.3 is 0 Å². The lowest BCUT2D eigenvalue weighted by Gasteiger charge is -2.00. The van der Waals surface area contributed by atoms with Crippen LogP contribution >= 0.6 is 34.5 Å². The Labute approximate surface area is 153 Å². The Morgan fingerprint density at radius 1 is 1.29 bits per heavy atom. The number of anilines is 1. The zero-order valence-corrected chi connectivity index (χ0v) is 15.3. The van der Waals surface area contributed by atoms with Gasteiger partial charge in [-0.3, -0.25) is 14.8 Å². The fourth-order valence-electron chi connectivity index (χ4n) is 2.22. The second kappa shape index (κ2) is 6.93. The molecule has 0 aliphatic heterocycles. The van der Waals surface area contributed by atoms with Gasteiger partial charge in [0, 0.05) is 23.2 Å². The van der Waals surface area contributed by atoms with Gasteiger partial charge in [-0.1, -0.05) is 29.3 Å². The minimum atomic E-state index is -0.277. The van der Waals surface area contributed by atoms with E-state index in [-0.39, 0.29) is 5.91 Å². The first-order valence-electron chi connectivity index (χ1n) is 7.24. The summed E-state index contributed by atoms with van der Waals surface area (Å²) in [5, 5.41) is 10.3. The van der Waals surface area contributed by atoms with E-state index in [9.17, 15) is 4.79 Å². The van der Waals surface area contributed by atoms with Crippen molar-refractivity contribution in [2.45, 2.75) is 20.4 Å². The number of nitrogens with zero attached hydrogens (tertiary/aromatic N) is 3. The lowest BCUT2D eigenvalue weighted by atomic mass is 10.2. The molecule has 0 atom stereocenters. The van der Waals surface area contributed by atoms with E-state index < -0.39 is 0 Å². The number of carbonyl (C=O) groups excluding carboxylic acids is 1. The number of benzene rings is 1. The molecule has 1 N–H and O–H groups in total. The van der Waals surface area contributed by atoms with Gasteiger partial charge in [0.05, 0.1) is 15.7 Å². The van der Waals surface area contributed by atoms with Crippen molar-refractivity contribution in [2.75, 3.05) is 5.32 Å². The maximum Gasteiger partial charge on any atom is 0.277 e. The number of hydrogen-bond acceptors (Lipinski definition) is 4. The molecule has 0 spiro atoms. The van der Waals surface area contributed by atoms with Crippen LogP contribution in [0.2, 0.25) is 10.0 Å². The Balaban J connectivity index is 1.77. The number of aryl methyl sites for hydroxylation is 2. The molecule has 24 heavy (non-hydrogen) atoms. The normalized spacial score (nSPS) is 10.8. The molecule has 0 saturated carbocycles. The van der Waals surface area contributed by atoms with Crippen LogP contribution in [0.4, 0.5) is 5.13 Å². The third kappa shape index (κ3) is 3.45. The predicted octanol–water partition coefficient (Wildman–Crippen LogP) is 4.89. The second-order valence-electron chi connectivity index (χ2n) is 5.11. The first-order chi connectivity index (χ1) is 11.5. The van der Waals surface area contributed by atoms with Gasteiger partial charge in [0.2, 0.25) is 0 Å². The summed E-state index contributed by atoms with van der Waals surface area (Å²) >= 11 is 13.3. The van der Waals surface area contributed by atoms with Crippen LogP contribution in [-0.2, 0) is 6.54 Å². The molecule has 1 aromatic carbocycles. The highest BCUT2D eigenvalue weighted by Gasteiger charge is 2.14. The molecule has 8 heteroatoms. The third-order valence-corrected chi connectivity index (χ3v) is 4.95. The molecule has 2 heterocycles. The van der Waals surface area contributed by atoms with Crippen molar-refractivity contribution in [1.82, 2.24) is 14.8 Å². The van der Waals surface area contributed by atoms with Crippen molar-refractivity contribution in [2.24, 2.45) is 0 Å². The largest absolute Gasteiger partial charge is 0.296 e. The van der Waals surface area contributed by atoms with Gasteiger partial charge < -0.3 is 0 Å². The summed E-state index contributed by atoms with van der Waals surface area (Å²) in [6.07, 6.45) is 0. The Kier molecular flexibility index (Phi) is 4.89. The molecule has 3 aromatic rings. The highest BCUT2D eigenvalue weighted by atomic mass is 35.5. The number of aromatic nitrogens is 3. The van der Waals surface area contributed by atoms with Gasteiger partial charge in [-0.25, -0.2) is 4.98 Å². The number of carbonyl (C=O) groups is 1. The monoisotopic (exact) mass is 380 g/mol. The molecule has 0 saturated heterocycles. The third-order valence-electron chi connectivity index (χ3n) is 3.45. The Hall–Kier alpha value is -1.89. The summed E-state index contributed by atoms with van der Waals surface area (Å²) in [4.78, 5) is 16.7. The van der Waals surface area contributed by atoms with E-state index in [4.69, 9.17) is 23.2 Å². The minimum Gasteiger partial charge on any atom is -0.296 e. The maximum atomic E-state index is 12.3. The fourth-order valence-corrected chi connectivity index (χ4v) is 3.23. The maximum absolute atomic E-state index is 12.3. The van der Waals surface area contributed by atoms with Crippen molar-refractivity contribution in [3.8, 4) is 11.3 Å². The van der Waals surface area contributed by atoms with E-state index in [1.165, 1.54) is 11.3 Å². The standard InChI is InChI=1S/C16H14Cl2N4OS/c1-3-22-9(2)6-13(21-22)15(23)20-16-19-14(8-24-16)10-4-5-11(17)12(18)7-10/h4-8H,3H2,1-2H3,(H,19,20,23). The van der Waals surface area contributed by atoms with Gasteiger partial charge in [-0.05, 0) is 32.0 Å². The molecular weight excluding hydrogens is 367 g/mol. The molecule has 0 aliphatic rings. The van der Waals surface area contributed by atoms with Crippen LogP contribution in [0.5, 0.6) is 0 Å². The quantitative estimate of drug-likeness (QED) is 0.700. The average molecular weight is 381 g/mol. The highest BCUT2D eigenvalue weighted by molar-refractivity contribution is 7.14. The van der Waals surface area contributed by atoms with Crippen molar-refractivity contribution >= 4 is 45.6 Å². The van der Waals surface area contributed by atoms with Gasteiger partial charge in [0.25, 0.3) is 5.91 Å². The van der Waals surface area contributed by atoms with Gasteiger partial charge in [0.15, 0.2) is 10.8 Å². The molecule has 5 nitrogen and oxygen atoms in total. The lowest BCUT2D eigenvalue weighted by Crippen LogP contribution is -2.13. The van der Waals surface area contributed by atoms with Crippen molar-refractivity contribution in [3.63, 3.8) is 0 Å². The van der Waals surface area contributed by atoms with Crippen molar-refractivity contribution in [1.29, 1.82) is 0 Å². The van der Waals surface area contributed by atoms with Gasteiger partial charge in [-0.2, -0.15) is 5.10 Å². The van der Waals surface area contributed by atoms with Crippen LogP contribution in [0.15, 0.2) is 29.6 Å². The van der Waals surface area contributed by atoms with Crippen LogP contribution in [0, 0.1) is 6.92 Å².